The summed E-state index contributed by atoms with van der Waals surface area (Å²) < 4.78 is 3.99. The van der Waals surface area contributed by atoms with Crippen LogP contribution in [0.25, 0.3) is 23.5 Å². The van der Waals surface area contributed by atoms with Crippen molar-refractivity contribution >= 4 is 29.5 Å². The molecule has 1 N–H and O–H groups in total. The first-order valence-corrected chi connectivity index (χ1v) is 9.71. The normalized spacial score (nSPS) is 15.2. The molecule has 3 heterocycles. The number of rotatable bonds is 4. The summed E-state index contributed by atoms with van der Waals surface area (Å²) in [5.74, 6) is 0.935. The molecule has 3 aromatic rings. The molecular weight excluding hydrogens is 372 g/mol. The Balaban J connectivity index is 1.54. The van der Waals surface area contributed by atoms with E-state index in [9.17, 15) is 0 Å². The van der Waals surface area contributed by atoms with Crippen LogP contribution in [-0.2, 0) is 6.54 Å². The Hall–Kier alpha value is -3.12. The Labute approximate surface area is 167 Å². The van der Waals surface area contributed by atoms with Gasteiger partial charge in [-0.05, 0) is 43.2 Å². The summed E-state index contributed by atoms with van der Waals surface area (Å²) >= 11 is 5.98. The first kappa shape index (κ1) is 17.0. The molecule has 1 aliphatic carbocycles. The Kier molecular flexibility index (Phi) is 4.33. The van der Waals surface area contributed by atoms with E-state index in [2.05, 4.69) is 50.6 Å². The lowest BCUT2D eigenvalue weighted by molar-refractivity contribution is 0.721. The van der Waals surface area contributed by atoms with Gasteiger partial charge >= 0.3 is 0 Å². The van der Waals surface area contributed by atoms with Crippen LogP contribution in [0.1, 0.15) is 24.4 Å². The van der Waals surface area contributed by atoms with Crippen molar-refractivity contribution in [1.82, 2.24) is 29.9 Å². The minimum Gasteiger partial charge on any atom is -0.379 e. The highest BCUT2D eigenvalue weighted by molar-refractivity contribution is 6.30. The van der Waals surface area contributed by atoms with E-state index in [-0.39, 0.29) is 0 Å². The van der Waals surface area contributed by atoms with Crippen molar-refractivity contribution in [3.63, 3.8) is 0 Å². The van der Waals surface area contributed by atoms with Gasteiger partial charge in [-0.1, -0.05) is 41.1 Å². The SMILES string of the molecule is Clc1ccc(-n2cc(Cn3c(C4=CC=CCN4)nc4c3=CCCC=4)nn2)cc1. The van der Waals surface area contributed by atoms with Gasteiger partial charge in [-0.3, -0.25) is 0 Å². The minimum atomic E-state index is 0.609. The maximum Gasteiger partial charge on any atom is 0.157 e. The van der Waals surface area contributed by atoms with Crippen LogP contribution in [0.15, 0.2) is 48.7 Å². The van der Waals surface area contributed by atoms with Crippen LogP contribution in [0.4, 0.5) is 0 Å². The number of fused-ring (bicyclic) bond motifs is 1. The van der Waals surface area contributed by atoms with E-state index in [0.717, 1.165) is 53.0 Å². The number of nitrogens with one attached hydrogen (secondary N) is 1. The van der Waals surface area contributed by atoms with E-state index in [4.69, 9.17) is 16.6 Å². The smallest absolute Gasteiger partial charge is 0.157 e. The molecule has 0 amide bonds. The van der Waals surface area contributed by atoms with E-state index in [1.807, 2.05) is 30.5 Å². The molecule has 2 aromatic heterocycles. The van der Waals surface area contributed by atoms with Gasteiger partial charge in [0.25, 0.3) is 0 Å². The number of halogens is 1. The molecule has 0 atom stereocenters. The zero-order chi connectivity index (χ0) is 18.9. The molecule has 28 heavy (non-hydrogen) atoms. The number of aromatic nitrogens is 5. The topological polar surface area (TPSA) is 60.6 Å². The van der Waals surface area contributed by atoms with Crippen LogP contribution in [0, 0.1) is 0 Å². The fourth-order valence-corrected chi connectivity index (χ4v) is 3.65. The number of imidazole rings is 1. The van der Waals surface area contributed by atoms with Gasteiger partial charge in [0.15, 0.2) is 5.82 Å². The highest BCUT2D eigenvalue weighted by Crippen LogP contribution is 2.14. The van der Waals surface area contributed by atoms with Crippen LogP contribution >= 0.6 is 11.6 Å². The first-order chi connectivity index (χ1) is 13.8. The van der Waals surface area contributed by atoms with Gasteiger partial charge in [-0.25, -0.2) is 9.67 Å². The van der Waals surface area contributed by atoms with Gasteiger partial charge in [0.1, 0.15) is 5.69 Å². The van der Waals surface area contributed by atoms with Crippen LogP contribution in [0.2, 0.25) is 5.02 Å². The third kappa shape index (κ3) is 3.16. The summed E-state index contributed by atoms with van der Waals surface area (Å²) in [6.07, 6.45) is 14.7. The van der Waals surface area contributed by atoms with Crippen molar-refractivity contribution in [2.45, 2.75) is 19.4 Å². The second kappa shape index (κ2) is 7.13. The van der Waals surface area contributed by atoms with Crippen LogP contribution < -0.4 is 16.0 Å². The predicted octanol–water partition coefficient (Wildman–Crippen LogP) is 2.02. The van der Waals surface area contributed by atoms with Gasteiger partial charge in [-0.2, -0.15) is 0 Å². The molecule has 140 valence electrons. The fourth-order valence-electron chi connectivity index (χ4n) is 3.52. The summed E-state index contributed by atoms with van der Waals surface area (Å²) in [6, 6.07) is 7.55. The molecule has 0 spiro atoms. The second-order valence-electron chi connectivity index (χ2n) is 6.80. The fraction of sp³-hybridized carbons (Fsp3) is 0.190. The maximum absolute atomic E-state index is 5.98. The number of dihydropyridines is 1. The molecule has 1 aliphatic heterocycles. The number of hydrogen-bond donors (Lipinski definition) is 1. The minimum absolute atomic E-state index is 0.609. The Bertz CT molecular complexity index is 1200. The van der Waals surface area contributed by atoms with Gasteiger partial charge in [-0.15, -0.1) is 5.10 Å². The quantitative estimate of drug-likeness (QED) is 0.740. The molecule has 5 rings (SSSR count). The summed E-state index contributed by atoms with van der Waals surface area (Å²) in [5, 5.41) is 15.0. The third-order valence-corrected chi connectivity index (χ3v) is 5.13. The Morgan fingerprint density at radius 1 is 1.11 bits per heavy atom. The van der Waals surface area contributed by atoms with E-state index in [1.165, 1.54) is 0 Å². The number of allylic oxidation sites excluding steroid dienone is 2. The van der Waals surface area contributed by atoms with E-state index >= 15 is 0 Å². The van der Waals surface area contributed by atoms with Gasteiger partial charge in [0.2, 0.25) is 0 Å². The monoisotopic (exact) mass is 390 g/mol. The average Bonchev–Trinajstić information content (AvgIpc) is 3.35. The number of benzene rings is 1. The van der Waals surface area contributed by atoms with Crippen molar-refractivity contribution in [3.8, 4) is 5.69 Å². The molecule has 6 nitrogen and oxygen atoms in total. The lowest BCUT2D eigenvalue weighted by atomic mass is 10.2. The molecule has 1 aromatic carbocycles. The molecule has 0 unspecified atom stereocenters. The van der Waals surface area contributed by atoms with Crippen molar-refractivity contribution in [3.05, 3.63) is 75.9 Å². The summed E-state index contributed by atoms with van der Waals surface area (Å²) in [4.78, 5) is 4.89. The van der Waals surface area contributed by atoms with Crippen molar-refractivity contribution in [2.75, 3.05) is 6.54 Å². The van der Waals surface area contributed by atoms with Crippen LogP contribution in [0.5, 0.6) is 0 Å². The molecule has 0 saturated heterocycles. The van der Waals surface area contributed by atoms with Crippen LogP contribution in [0.3, 0.4) is 0 Å². The van der Waals surface area contributed by atoms with E-state index < -0.39 is 0 Å². The molecule has 0 fully saturated rings. The van der Waals surface area contributed by atoms with E-state index in [0.29, 0.717) is 11.6 Å². The molecule has 0 saturated carbocycles. The number of nitrogens with zero attached hydrogens (tertiary/aromatic N) is 5. The first-order valence-electron chi connectivity index (χ1n) is 9.33. The lowest BCUT2D eigenvalue weighted by Crippen LogP contribution is -2.32. The third-order valence-electron chi connectivity index (χ3n) is 4.88. The lowest BCUT2D eigenvalue weighted by Gasteiger charge is -2.13. The molecular formula is C21H19ClN6. The summed E-state index contributed by atoms with van der Waals surface area (Å²) in [7, 11) is 0. The van der Waals surface area contributed by atoms with Crippen LogP contribution in [-0.4, -0.2) is 31.1 Å². The Morgan fingerprint density at radius 3 is 2.79 bits per heavy atom. The highest BCUT2D eigenvalue weighted by atomic mass is 35.5. The molecule has 7 heteroatoms. The van der Waals surface area contributed by atoms with Gasteiger partial charge < -0.3 is 9.88 Å². The highest BCUT2D eigenvalue weighted by Gasteiger charge is 2.16. The maximum atomic E-state index is 5.98. The summed E-state index contributed by atoms with van der Waals surface area (Å²) in [6.45, 7) is 1.42. The largest absolute Gasteiger partial charge is 0.379 e. The zero-order valence-corrected chi connectivity index (χ0v) is 16.0. The predicted molar refractivity (Wildman–Crippen MR) is 110 cm³/mol. The van der Waals surface area contributed by atoms with E-state index in [1.54, 1.807) is 4.68 Å². The van der Waals surface area contributed by atoms with Crippen molar-refractivity contribution < 1.29 is 0 Å². The molecule has 0 radical (unpaired) electrons. The van der Waals surface area contributed by atoms with Crippen molar-refractivity contribution in [1.29, 1.82) is 0 Å². The second-order valence-corrected chi connectivity index (χ2v) is 7.23. The van der Waals surface area contributed by atoms with Gasteiger partial charge in [0, 0.05) is 11.6 Å². The molecule has 2 aliphatic rings. The Morgan fingerprint density at radius 2 is 1.96 bits per heavy atom. The zero-order valence-electron chi connectivity index (χ0n) is 15.2. The average molecular weight is 391 g/mol. The summed E-state index contributed by atoms with van der Waals surface area (Å²) in [5.41, 5.74) is 2.84. The number of hydrogen-bond acceptors (Lipinski definition) is 4. The van der Waals surface area contributed by atoms with Crippen molar-refractivity contribution in [2.24, 2.45) is 0 Å². The molecule has 0 bridgehead atoms. The standard InChI is InChI=1S/C21H19ClN6/c22-15-8-10-17(11-9-15)28-14-16(25-26-28)13-27-20-7-2-1-5-18(20)24-21(27)19-6-3-4-12-23-19/h3-11,14,23H,1-2,12-13H2. The van der Waals surface area contributed by atoms with Gasteiger partial charge in [0.05, 0.1) is 34.8 Å².